The number of nitrogens with zero attached hydrogens (tertiary/aromatic N) is 4. The van der Waals surface area contributed by atoms with Gasteiger partial charge in [-0.15, -0.1) is 0 Å². The number of anilines is 2. The van der Waals surface area contributed by atoms with Crippen LogP contribution in [0.4, 0.5) is 11.9 Å². The van der Waals surface area contributed by atoms with Crippen molar-refractivity contribution < 1.29 is 5.11 Å². The van der Waals surface area contributed by atoms with E-state index in [4.69, 9.17) is 10.8 Å². The summed E-state index contributed by atoms with van der Waals surface area (Å²) in [5.41, 5.74) is 5.61. The number of aliphatic hydroxyl groups excluding tert-OH is 1. The zero-order valence-corrected chi connectivity index (χ0v) is 10.4. The lowest BCUT2D eigenvalue weighted by Crippen LogP contribution is -2.25. The highest BCUT2D eigenvalue weighted by atomic mass is 32.2. The summed E-state index contributed by atoms with van der Waals surface area (Å²) < 4.78 is 0. The molecule has 6 nitrogen and oxygen atoms in total. The molecule has 0 radical (unpaired) electrons. The molecule has 7 heteroatoms. The summed E-state index contributed by atoms with van der Waals surface area (Å²) in [7, 11) is 0. The fourth-order valence-electron chi connectivity index (χ4n) is 1.21. The lowest BCUT2D eigenvalue weighted by Gasteiger charge is -2.18. The molecule has 0 unspecified atom stereocenters. The van der Waals surface area contributed by atoms with E-state index >= 15 is 0 Å². The molecule has 0 atom stereocenters. The molecule has 0 aliphatic rings. The number of aliphatic hydroxyl groups is 1. The molecule has 1 aromatic heterocycles. The van der Waals surface area contributed by atoms with Crippen LogP contribution in [0.2, 0.25) is 0 Å². The minimum atomic E-state index is 0.0941. The van der Waals surface area contributed by atoms with Crippen molar-refractivity contribution in [2.75, 3.05) is 36.1 Å². The SMILES string of the molecule is CCN(CC)c1nc(N)nc(SCCO)n1. The Hall–Kier alpha value is -1.08. The van der Waals surface area contributed by atoms with E-state index in [1.807, 2.05) is 18.7 Å². The van der Waals surface area contributed by atoms with Gasteiger partial charge in [-0.05, 0) is 13.8 Å². The maximum Gasteiger partial charge on any atom is 0.231 e. The Morgan fingerprint density at radius 3 is 2.50 bits per heavy atom. The van der Waals surface area contributed by atoms with Crippen LogP contribution in [-0.2, 0) is 0 Å². The van der Waals surface area contributed by atoms with Gasteiger partial charge in [-0.2, -0.15) is 15.0 Å². The van der Waals surface area contributed by atoms with Crippen molar-refractivity contribution in [2.24, 2.45) is 0 Å². The number of aromatic nitrogens is 3. The maximum atomic E-state index is 8.73. The third-order valence-corrected chi connectivity index (χ3v) is 2.82. The van der Waals surface area contributed by atoms with Crippen molar-refractivity contribution in [1.29, 1.82) is 0 Å². The van der Waals surface area contributed by atoms with Gasteiger partial charge in [-0.3, -0.25) is 0 Å². The maximum absolute atomic E-state index is 8.73. The highest BCUT2D eigenvalue weighted by Crippen LogP contribution is 2.16. The van der Waals surface area contributed by atoms with Gasteiger partial charge in [-0.25, -0.2) is 0 Å². The first-order valence-electron chi connectivity index (χ1n) is 5.21. The summed E-state index contributed by atoms with van der Waals surface area (Å²) >= 11 is 1.37. The molecule has 0 saturated heterocycles. The third kappa shape index (κ3) is 3.49. The van der Waals surface area contributed by atoms with Crippen molar-refractivity contribution in [1.82, 2.24) is 15.0 Å². The molecule has 0 aliphatic heterocycles. The lowest BCUT2D eigenvalue weighted by molar-refractivity contribution is 0.322. The highest BCUT2D eigenvalue weighted by Gasteiger charge is 2.09. The Bertz CT molecular complexity index is 332. The first kappa shape index (κ1) is 13.0. The van der Waals surface area contributed by atoms with Gasteiger partial charge < -0.3 is 15.7 Å². The van der Waals surface area contributed by atoms with Gasteiger partial charge in [0.1, 0.15) is 0 Å². The molecule has 1 rings (SSSR count). The molecule has 0 fully saturated rings. The summed E-state index contributed by atoms with van der Waals surface area (Å²) in [5.74, 6) is 1.37. The number of thioether (sulfide) groups is 1. The van der Waals surface area contributed by atoms with Gasteiger partial charge in [-0.1, -0.05) is 11.8 Å². The Morgan fingerprint density at radius 2 is 1.94 bits per heavy atom. The molecule has 3 N–H and O–H groups in total. The molecule has 0 aromatic carbocycles. The van der Waals surface area contributed by atoms with Gasteiger partial charge in [0, 0.05) is 18.8 Å². The van der Waals surface area contributed by atoms with Crippen LogP contribution in [0.15, 0.2) is 5.16 Å². The minimum Gasteiger partial charge on any atom is -0.396 e. The predicted octanol–water partition coefficient (Wildman–Crippen LogP) is 0.384. The van der Waals surface area contributed by atoms with Crippen molar-refractivity contribution in [2.45, 2.75) is 19.0 Å². The number of hydrogen-bond acceptors (Lipinski definition) is 7. The Labute approximate surface area is 99.3 Å². The topological polar surface area (TPSA) is 88.2 Å². The minimum absolute atomic E-state index is 0.0941. The smallest absolute Gasteiger partial charge is 0.231 e. The highest BCUT2D eigenvalue weighted by molar-refractivity contribution is 7.99. The lowest BCUT2D eigenvalue weighted by atomic mass is 10.5. The molecule has 16 heavy (non-hydrogen) atoms. The second kappa shape index (κ2) is 6.49. The van der Waals surface area contributed by atoms with Crippen LogP contribution in [0, 0.1) is 0 Å². The van der Waals surface area contributed by atoms with Crippen LogP contribution in [-0.4, -0.2) is 45.5 Å². The summed E-state index contributed by atoms with van der Waals surface area (Å²) in [4.78, 5) is 14.4. The van der Waals surface area contributed by atoms with E-state index in [2.05, 4.69) is 15.0 Å². The number of nitrogens with two attached hydrogens (primary N) is 1. The standard InChI is InChI=1S/C9H17N5OS/c1-3-14(4-2)8-11-7(10)12-9(13-8)16-6-5-15/h15H,3-6H2,1-2H3,(H2,10,11,12,13). The van der Waals surface area contributed by atoms with Crippen molar-refractivity contribution in [3.8, 4) is 0 Å². The zero-order valence-electron chi connectivity index (χ0n) is 9.55. The van der Waals surface area contributed by atoms with E-state index in [0.717, 1.165) is 13.1 Å². The molecule has 90 valence electrons. The summed E-state index contributed by atoms with van der Waals surface area (Å²) in [5, 5.41) is 9.29. The van der Waals surface area contributed by atoms with E-state index in [1.54, 1.807) is 0 Å². The van der Waals surface area contributed by atoms with Gasteiger partial charge in [0.25, 0.3) is 0 Å². The molecule has 0 bridgehead atoms. The fourth-order valence-corrected chi connectivity index (χ4v) is 1.79. The third-order valence-electron chi connectivity index (χ3n) is 1.99. The molecule has 0 amide bonds. The molecular weight excluding hydrogens is 226 g/mol. The Morgan fingerprint density at radius 1 is 1.25 bits per heavy atom. The van der Waals surface area contributed by atoms with Gasteiger partial charge >= 0.3 is 0 Å². The van der Waals surface area contributed by atoms with Gasteiger partial charge in [0.05, 0.1) is 6.61 Å². The molecular formula is C9H17N5OS. The summed E-state index contributed by atoms with van der Waals surface area (Å²) in [6.45, 7) is 5.80. The average molecular weight is 243 g/mol. The van der Waals surface area contributed by atoms with Crippen molar-refractivity contribution in [3.05, 3.63) is 0 Å². The van der Waals surface area contributed by atoms with Crippen LogP contribution >= 0.6 is 11.8 Å². The second-order valence-electron chi connectivity index (χ2n) is 3.02. The number of hydrogen-bond donors (Lipinski definition) is 2. The van der Waals surface area contributed by atoms with Crippen LogP contribution < -0.4 is 10.6 Å². The van der Waals surface area contributed by atoms with Crippen LogP contribution in [0.1, 0.15) is 13.8 Å². The number of rotatable bonds is 6. The second-order valence-corrected chi connectivity index (χ2v) is 4.08. The van der Waals surface area contributed by atoms with Crippen LogP contribution in [0.25, 0.3) is 0 Å². The van der Waals surface area contributed by atoms with Crippen LogP contribution in [0.5, 0.6) is 0 Å². The first-order chi connectivity index (χ1) is 7.71. The average Bonchev–Trinajstić information content (AvgIpc) is 2.27. The molecule has 0 spiro atoms. The monoisotopic (exact) mass is 243 g/mol. The zero-order chi connectivity index (χ0) is 12.0. The van der Waals surface area contributed by atoms with E-state index in [-0.39, 0.29) is 12.6 Å². The van der Waals surface area contributed by atoms with Gasteiger partial charge in [0.2, 0.25) is 11.9 Å². The van der Waals surface area contributed by atoms with Crippen LogP contribution in [0.3, 0.4) is 0 Å². The normalized spacial score (nSPS) is 10.4. The summed E-state index contributed by atoms with van der Waals surface area (Å²) in [6, 6.07) is 0. The van der Waals surface area contributed by atoms with Crippen molar-refractivity contribution in [3.63, 3.8) is 0 Å². The quantitative estimate of drug-likeness (QED) is 0.698. The number of nitrogen functional groups attached to an aromatic ring is 1. The van der Waals surface area contributed by atoms with E-state index in [1.165, 1.54) is 11.8 Å². The Balaban J connectivity index is 2.88. The molecule has 1 aromatic rings. The molecule has 0 aliphatic carbocycles. The Kier molecular flexibility index (Phi) is 5.27. The largest absolute Gasteiger partial charge is 0.396 e. The summed E-state index contributed by atoms with van der Waals surface area (Å²) in [6.07, 6.45) is 0. The van der Waals surface area contributed by atoms with E-state index in [9.17, 15) is 0 Å². The molecule has 0 saturated carbocycles. The van der Waals surface area contributed by atoms with Gasteiger partial charge in [0.15, 0.2) is 5.16 Å². The fraction of sp³-hybridized carbons (Fsp3) is 0.667. The first-order valence-corrected chi connectivity index (χ1v) is 6.20. The van der Waals surface area contributed by atoms with Crippen molar-refractivity contribution >= 4 is 23.7 Å². The molecule has 1 heterocycles. The van der Waals surface area contributed by atoms with E-state index in [0.29, 0.717) is 16.9 Å². The van der Waals surface area contributed by atoms with E-state index < -0.39 is 0 Å². The predicted molar refractivity (Wildman–Crippen MR) is 65.6 cm³/mol.